The van der Waals surface area contributed by atoms with Gasteiger partial charge in [-0.15, -0.1) is 5.10 Å². The molecule has 2 aromatic heterocycles. The van der Waals surface area contributed by atoms with Crippen LogP contribution < -0.4 is 5.32 Å². The van der Waals surface area contributed by atoms with Crippen LogP contribution in [-0.2, 0) is 17.9 Å². The standard InChI is InChI=1S/C18H16ClN5O3/c1-12(25)16-8-13(6-7-20-16)10-24-21-9-17(23-24)22-18(26)27-11-14-4-2-3-5-15(14)19/h2-9H,10-11H2,1H3,(H,22,23,26). The Kier molecular flexibility index (Phi) is 5.77. The van der Waals surface area contributed by atoms with Crippen molar-refractivity contribution in [2.75, 3.05) is 5.32 Å². The fraction of sp³-hybridized carbons (Fsp3) is 0.167. The van der Waals surface area contributed by atoms with Gasteiger partial charge in [0, 0.05) is 23.7 Å². The van der Waals surface area contributed by atoms with E-state index in [1.807, 2.05) is 6.07 Å². The molecule has 3 rings (SSSR count). The van der Waals surface area contributed by atoms with Gasteiger partial charge < -0.3 is 4.74 Å². The lowest BCUT2D eigenvalue weighted by atomic mass is 10.2. The van der Waals surface area contributed by atoms with Crippen LogP contribution in [0.25, 0.3) is 0 Å². The molecule has 0 aliphatic rings. The first-order valence-corrected chi connectivity index (χ1v) is 8.42. The van der Waals surface area contributed by atoms with Crippen LogP contribution >= 0.6 is 11.6 Å². The lowest BCUT2D eigenvalue weighted by Gasteiger charge is -2.06. The zero-order chi connectivity index (χ0) is 19.2. The highest BCUT2D eigenvalue weighted by atomic mass is 35.5. The highest BCUT2D eigenvalue weighted by Gasteiger charge is 2.09. The molecule has 9 heteroatoms. The second-order valence-corrected chi connectivity index (χ2v) is 6.07. The number of ketones is 1. The molecule has 0 aliphatic heterocycles. The van der Waals surface area contributed by atoms with Crippen molar-refractivity contribution in [1.82, 2.24) is 20.0 Å². The zero-order valence-electron chi connectivity index (χ0n) is 14.4. The molecular weight excluding hydrogens is 370 g/mol. The maximum atomic E-state index is 11.9. The number of hydrogen-bond donors (Lipinski definition) is 1. The van der Waals surface area contributed by atoms with Gasteiger partial charge in [0.1, 0.15) is 12.3 Å². The maximum absolute atomic E-state index is 11.9. The van der Waals surface area contributed by atoms with Crippen molar-refractivity contribution in [3.8, 4) is 0 Å². The quantitative estimate of drug-likeness (QED) is 0.653. The van der Waals surface area contributed by atoms with E-state index in [9.17, 15) is 9.59 Å². The summed E-state index contributed by atoms with van der Waals surface area (Å²) < 4.78 is 5.13. The highest BCUT2D eigenvalue weighted by molar-refractivity contribution is 6.31. The Morgan fingerprint density at radius 1 is 1.26 bits per heavy atom. The Morgan fingerprint density at radius 2 is 2.07 bits per heavy atom. The number of nitrogens with zero attached hydrogens (tertiary/aromatic N) is 4. The van der Waals surface area contributed by atoms with Gasteiger partial charge in [-0.25, -0.2) is 4.79 Å². The Morgan fingerprint density at radius 3 is 2.85 bits per heavy atom. The number of anilines is 1. The van der Waals surface area contributed by atoms with Gasteiger partial charge in [0.05, 0.1) is 12.7 Å². The summed E-state index contributed by atoms with van der Waals surface area (Å²) in [5.41, 5.74) is 1.90. The summed E-state index contributed by atoms with van der Waals surface area (Å²) in [6.45, 7) is 1.83. The fourth-order valence-electron chi connectivity index (χ4n) is 2.26. The van der Waals surface area contributed by atoms with Gasteiger partial charge in [0.15, 0.2) is 11.6 Å². The highest BCUT2D eigenvalue weighted by Crippen LogP contribution is 2.16. The Hall–Kier alpha value is -3.26. The summed E-state index contributed by atoms with van der Waals surface area (Å²) in [5, 5.41) is 11.3. The molecule has 0 saturated carbocycles. The molecule has 0 spiro atoms. The average Bonchev–Trinajstić information content (AvgIpc) is 3.08. The maximum Gasteiger partial charge on any atom is 0.413 e. The van der Waals surface area contributed by atoms with Crippen LogP contribution in [0.4, 0.5) is 10.6 Å². The van der Waals surface area contributed by atoms with E-state index < -0.39 is 6.09 Å². The Bertz CT molecular complexity index is 973. The van der Waals surface area contributed by atoms with Crippen molar-refractivity contribution in [2.24, 2.45) is 0 Å². The minimum Gasteiger partial charge on any atom is -0.444 e. The minimum absolute atomic E-state index is 0.0461. The van der Waals surface area contributed by atoms with Crippen molar-refractivity contribution >= 4 is 29.3 Å². The molecule has 1 amide bonds. The molecule has 8 nitrogen and oxygen atoms in total. The molecular formula is C18H16ClN5O3. The van der Waals surface area contributed by atoms with Crippen molar-refractivity contribution in [1.29, 1.82) is 0 Å². The number of pyridine rings is 1. The van der Waals surface area contributed by atoms with Crippen LogP contribution in [0, 0.1) is 0 Å². The first kappa shape index (κ1) is 18.5. The molecule has 1 aromatic carbocycles. The SMILES string of the molecule is CC(=O)c1cc(Cn2ncc(NC(=O)OCc3ccccc3Cl)n2)ccn1. The lowest BCUT2D eigenvalue weighted by Crippen LogP contribution is -2.14. The van der Waals surface area contributed by atoms with Crippen LogP contribution in [0.15, 0.2) is 48.8 Å². The zero-order valence-corrected chi connectivity index (χ0v) is 15.2. The minimum atomic E-state index is -0.662. The molecule has 0 radical (unpaired) electrons. The van der Waals surface area contributed by atoms with Gasteiger partial charge in [-0.2, -0.15) is 9.90 Å². The number of carbonyl (C=O) groups is 2. The van der Waals surface area contributed by atoms with Crippen molar-refractivity contribution in [3.63, 3.8) is 0 Å². The molecule has 0 atom stereocenters. The number of Topliss-reactive ketones (excluding diaryl/α,β-unsaturated/α-hetero) is 1. The summed E-state index contributed by atoms with van der Waals surface area (Å²) >= 11 is 6.02. The number of benzene rings is 1. The third-order valence-electron chi connectivity index (χ3n) is 3.59. The Labute approximate surface area is 160 Å². The number of aromatic nitrogens is 4. The summed E-state index contributed by atoms with van der Waals surface area (Å²) in [4.78, 5) is 28.7. The van der Waals surface area contributed by atoms with Crippen LogP contribution in [-0.4, -0.2) is 31.9 Å². The number of halogens is 1. The van der Waals surface area contributed by atoms with Crippen molar-refractivity contribution in [3.05, 3.63) is 70.6 Å². The normalized spacial score (nSPS) is 10.4. The molecule has 2 heterocycles. The van der Waals surface area contributed by atoms with E-state index in [4.69, 9.17) is 16.3 Å². The number of rotatable bonds is 6. The fourth-order valence-corrected chi connectivity index (χ4v) is 2.45. The molecule has 1 N–H and O–H groups in total. The molecule has 0 fully saturated rings. The number of carbonyl (C=O) groups excluding carboxylic acids is 2. The van der Waals surface area contributed by atoms with Crippen molar-refractivity contribution in [2.45, 2.75) is 20.1 Å². The number of nitrogens with one attached hydrogen (secondary N) is 1. The molecule has 3 aromatic rings. The van der Waals surface area contributed by atoms with Gasteiger partial charge in [0.2, 0.25) is 0 Å². The number of amides is 1. The molecule has 0 bridgehead atoms. The average molecular weight is 386 g/mol. The predicted octanol–water partition coefficient (Wildman–Crippen LogP) is 3.33. The van der Waals surface area contributed by atoms with E-state index in [0.29, 0.717) is 22.8 Å². The van der Waals surface area contributed by atoms with E-state index >= 15 is 0 Å². The Balaban J connectivity index is 1.56. The van der Waals surface area contributed by atoms with E-state index in [1.54, 1.807) is 36.5 Å². The second-order valence-electron chi connectivity index (χ2n) is 5.66. The van der Waals surface area contributed by atoms with E-state index in [1.165, 1.54) is 17.9 Å². The van der Waals surface area contributed by atoms with E-state index in [0.717, 1.165) is 5.56 Å². The molecule has 0 saturated heterocycles. The van der Waals surface area contributed by atoms with Gasteiger partial charge in [-0.05, 0) is 23.8 Å². The summed E-state index contributed by atoms with van der Waals surface area (Å²) in [6, 6.07) is 10.5. The molecule has 0 unspecified atom stereocenters. The molecule has 0 aliphatic carbocycles. The predicted molar refractivity (Wildman–Crippen MR) is 98.6 cm³/mol. The molecule has 138 valence electrons. The first-order chi connectivity index (χ1) is 13.0. The third kappa shape index (κ3) is 5.11. The largest absolute Gasteiger partial charge is 0.444 e. The van der Waals surface area contributed by atoms with Gasteiger partial charge in [-0.1, -0.05) is 29.8 Å². The third-order valence-corrected chi connectivity index (χ3v) is 3.96. The summed E-state index contributed by atoms with van der Waals surface area (Å²) in [5.74, 6) is 0.133. The van der Waals surface area contributed by atoms with Crippen LogP contribution in [0.3, 0.4) is 0 Å². The monoisotopic (exact) mass is 385 g/mol. The number of ether oxygens (including phenoxy) is 1. The first-order valence-electron chi connectivity index (χ1n) is 8.04. The van der Waals surface area contributed by atoms with Crippen LogP contribution in [0.2, 0.25) is 5.02 Å². The summed E-state index contributed by atoms with van der Waals surface area (Å²) in [6.07, 6.45) is 2.30. The second kappa shape index (κ2) is 8.41. The van der Waals surface area contributed by atoms with E-state index in [2.05, 4.69) is 20.5 Å². The van der Waals surface area contributed by atoms with Crippen LogP contribution in [0.1, 0.15) is 28.5 Å². The van der Waals surface area contributed by atoms with Crippen molar-refractivity contribution < 1.29 is 14.3 Å². The lowest BCUT2D eigenvalue weighted by molar-refractivity contribution is 0.101. The van der Waals surface area contributed by atoms with E-state index in [-0.39, 0.29) is 18.2 Å². The summed E-state index contributed by atoms with van der Waals surface area (Å²) in [7, 11) is 0. The molecule has 27 heavy (non-hydrogen) atoms. The van der Waals surface area contributed by atoms with Gasteiger partial charge in [-0.3, -0.25) is 15.1 Å². The smallest absolute Gasteiger partial charge is 0.413 e. The topological polar surface area (TPSA) is 99.0 Å². The van der Waals surface area contributed by atoms with Gasteiger partial charge >= 0.3 is 6.09 Å². The van der Waals surface area contributed by atoms with Gasteiger partial charge in [0.25, 0.3) is 0 Å². The number of hydrogen-bond acceptors (Lipinski definition) is 6. The van der Waals surface area contributed by atoms with Crippen LogP contribution in [0.5, 0.6) is 0 Å².